The molecule has 0 spiro atoms. The number of benzene rings is 4. The summed E-state index contributed by atoms with van der Waals surface area (Å²) in [4.78, 5) is 12.9. The van der Waals surface area contributed by atoms with Crippen LogP contribution in [-0.4, -0.2) is 22.7 Å². The highest BCUT2D eigenvalue weighted by Crippen LogP contribution is 2.22. The number of hydrogen-bond acceptors (Lipinski definition) is 5. The van der Waals surface area contributed by atoms with E-state index in [2.05, 4.69) is 14.8 Å². The van der Waals surface area contributed by atoms with Crippen molar-refractivity contribution in [1.82, 2.24) is 0 Å². The van der Waals surface area contributed by atoms with Crippen LogP contribution in [0.3, 0.4) is 0 Å². The molecule has 0 radical (unpaired) electrons. The molecule has 190 valence electrons. The average Bonchev–Trinajstić information content (AvgIpc) is 2.86. The number of anilines is 3. The predicted octanol–water partition coefficient (Wildman–Crippen LogP) is 5.50. The summed E-state index contributed by atoms with van der Waals surface area (Å²) in [6, 6.07) is 24.3. The average molecular weight is 556 g/mol. The van der Waals surface area contributed by atoms with Gasteiger partial charge in [0.15, 0.2) is 0 Å². The topological polar surface area (TPSA) is 121 Å². The third kappa shape index (κ3) is 6.67. The van der Waals surface area contributed by atoms with Crippen molar-refractivity contribution in [2.75, 3.05) is 14.8 Å². The van der Waals surface area contributed by atoms with E-state index in [-0.39, 0.29) is 21.0 Å². The minimum absolute atomic E-state index is 0.00737. The molecule has 0 bridgehead atoms. The van der Waals surface area contributed by atoms with Gasteiger partial charge in [-0.3, -0.25) is 14.2 Å². The van der Waals surface area contributed by atoms with Crippen molar-refractivity contribution in [1.29, 1.82) is 0 Å². The van der Waals surface area contributed by atoms with Gasteiger partial charge in [-0.15, -0.1) is 0 Å². The maximum Gasteiger partial charge on any atom is 0.261 e. The molecule has 4 aromatic rings. The van der Waals surface area contributed by atoms with E-state index in [4.69, 9.17) is 11.6 Å². The van der Waals surface area contributed by atoms with Gasteiger partial charge >= 0.3 is 0 Å². The van der Waals surface area contributed by atoms with Crippen molar-refractivity contribution in [2.45, 2.75) is 16.7 Å². The molecule has 4 rings (SSSR count). The van der Waals surface area contributed by atoms with E-state index in [1.54, 1.807) is 42.5 Å². The van der Waals surface area contributed by atoms with Crippen LogP contribution < -0.4 is 14.8 Å². The summed E-state index contributed by atoms with van der Waals surface area (Å²) in [5, 5.41) is 3.16. The number of amides is 1. The fourth-order valence-corrected chi connectivity index (χ4v) is 5.54. The number of halogens is 1. The van der Waals surface area contributed by atoms with Gasteiger partial charge < -0.3 is 5.32 Å². The number of nitrogens with one attached hydrogen (secondary N) is 3. The van der Waals surface area contributed by atoms with E-state index in [0.29, 0.717) is 16.4 Å². The highest BCUT2D eigenvalue weighted by molar-refractivity contribution is 7.93. The zero-order chi connectivity index (χ0) is 26.6. The fourth-order valence-electron chi connectivity index (χ4n) is 3.31. The van der Waals surface area contributed by atoms with Crippen LogP contribution in [0.15, 0.2) is 107 Å². The van der Waals surface area contributed by atoms with Crippen molar-refractivity contribution in [3.63, 3.8) is 0 Å². The van der Waals surface area contributed by atoms with Gasteiger partial charge in [-0.1, -0.05) is 35.4 Å². The second-order valence-electron chi connectivity index (χ2n) is 8.09. The fraction of sp³-hybridized carbons (Fsp3) is 0.0385. The number of carbonyl (C=O) groups excluding carboxylic acids is 1. The first-order valence-electron chi connectivity index (χ1n) is 10.9. The highest BCUT2D eigenvalue weighted by Gasteiger charge is 2.17. The SMILES string of the molecule is Cc1ccc(S(=O)(=O)Nc2cccc(C(=O)Nc3ccc(S(=O)(=O)Nc4ccc(Cl)cc4)cc3)c2)cc1. The Bertz CT molecular complexity index is 1640. The first-order chi connectivity index (χ1) is 17.5. The molecule has 0 heterocycles. The monoisotopic (exact) mass is 555 g/mol. The zero-order valence-electron chi connectivity index (χ0n) is 19.5. The molecule has 0 unspecified atom stereocenters. The second-order valence-corrected chi connectivity index (χ2v) is 11.9. The van der Waals surface area contributed by atoms with Crippen LogP contribution in [0.4, 0.5) is 17.1 Å². The number of sulfonamides is 2. The van der Waals surface area contributed by atoms with E-state index >= 15 is 0 Å². The first-order valence-corrected chi connectivity index (χ1v) is 14.3. The molecule has 3 N–H and O–H groups in total. The van der Waals surface area contributed by atoms with Gasteiger partial charge in [-0.05, 0) is 85.8 Å². The Balaban J connectivity index is 1.44. The Morgan fingerprint density at radius 3 is 1.76 bits per heavy atom. The Hall–Kier alpha value is -3.86. The molecule has 37 heavy (non-hydrogen) atoms. The molecule has 0 saturated heterocycles. The quantitative estimate of drug-likeness (QED) is 0.265. The van der Waals surface area contributed by atoms with Crippen LogP contribution in [0.1, 0.15) is 15.9 Å². The van der Waals surface area contributed by atoms with Crippen molar-refractivity contribution in [2.24, 2.45) is 0 Å². The van der Waals surface area contributed by atoms with E-state index in [9.17, 15) is 21.6 Å². The molecule has 1 amide bonds. The van der Waals surface area contributed by atoms with Gasteiger partial charge in [0, 0.05) is 27.6 Å². The molecule has 11 heteroatoms. The molecular weight excluding hydrogens is 534 g/mol. The smallest absolute Gasteiger partial charge is 0.261 e. The molecule has 0 aromatic heterocycles. The number of hydrogen-bond donors (Lipinski definition) is 3. The van der Waals surface area contributed by atoms with Crippen molar-refractivity contribution >= 4 is 54.6 Å². The van der Waals surface area contributed by atoms with Crippen LogP contribution in [0.2, 0.25) is 5.02 Å². The Kier molecular flexibility index (Phi) is 7.53. The van der Waals surface area contributed by atoms with Gasteiger partial charge in [-0.25, -0.2) is 16.8 Å². The summed E-state index contributed by atoms with van der Waals surface area (Å²) in [6.45, 7) is 1.86. The second kappa shape index (κ2) is 10.6. The molecule has 0 saturated carbocycles. The molecule has 0 aliphatic rings. The van der Waals surface area contributed by atoms with Gasteiger partial charge in [0.2, 0.25) is 0 Å². The number of aryl methyl sites for hydroxylation is 1. The molecule has 0 aliphatic heterocycles. The predicted molar refractivity (Wildman–Crippen MR) is 145 cm³/mol. The molecule has 0 atom stereocenters. The first kappa shape index (κ1) is 26.2. The summed E-state index contributed by atoms with van der Waals surface area (Å²) in [7, 11) is -7.67. The normalized spacial score (nSPS) is 11.5. The lowest BCUT2D eigenvalue weighted by molar-refractivity contribution is 0.102. The van der Waals surface area contributed by atoms with Crippen LogP contribution in [-0.2, 0) is 20.0 Å². The third-order valence-electron chi connectivity index (χ3n) is 5.23. The summed E-state index contributed by atoms with van der Waals surface area (Å²) < 4.78 is 55.5. The highest BCUT2D eigenvalue weighted by atomic mass is 35.5. The Morgan fingerprint density at radius 1 is 0.649 bits per heavy atom. The molecule has 0 aliphatic carbocycles. The lowest BCUT2D eigenvalue weighted by atomic mass is 10.2. The third-order valence-corrected chi connectivity index (χ3v) is 8.27. The standard InChI is InChI=1S/C26H22ClN3O5S2/c1-18-5-13-24(14-6-18)37(34,35)30-23-4-2-3-19(17-23)26(31)28-21-11-15-25(16-12-21)36(32,33)29-22-9-7-20(27)8-10-22/h2-17,29-30H,1H3,(H,28,31). The lowest BCUT2D eigenvalue weighted by Crippen LogP contribution is -2.15. The van der Waals surface area contributed by atoms with E-state index in [1.165, 1.54) is 54.6 Å². The van der Waals surface area contributed by atoms with Crippen molar-refractivity contribution in [3.8, 4) is 0 Å². The summed E-state index contributed by atoms with van der Waals surface area (Å²) >= 11 is 5.83. The van der Waals surface area contributed by atoms with Crippen molar-refractivity contribution in [3.05, 3.63) is 113 Å². The van der Waals surface area contributed by atoms with Crippen molar-refractivity contribution < 1.29 is 21.6 Å². The largest absolute Gasteiger partial charge is 0.322 e. The summed E-state index contributed by atoms with van der Waals surface area (Å²) in [5.74, 6) is -0.494. The maximum absolute atomic E-state index is 12.8. The lowest BCUT2D eigenvalue weighted by Gasteiger charge is -2.11. The summed E-state index contributed by atoms with van der Waals surface area (Å²) in [5.41, 5.74) is 2.09. The van der Waals surface area contributed by atoms with E-state index in [1.807, 2.05) is 6.92 Å². The van der Waals surface area contributed by atoms with Gasteiger partial charge in [0.05, 0.1) is 9.79 Å². The Labute approximate surface area is 220 Å². The molecule has 0 fully saturated rings. The maximum atomic E-state index is 12.8. The number of carbonyl (C=O) groups is 1. The zero-order valence-corrected chi connectivity index (χ0v) is 21.9. The number of rotatable bonds is 8. The minimum atomic E-state index is -3.84. The van der Waals surface area contributed by atoms with Gasteiger partial charge in [0.25, 0.3) is 26.0 Å². The van der Waals surface area contributed by atoms with E-state index in [0.717, 1.165) is 5.56 Å². The van der Waals surface area contributed by atoms with Crippen LogP contribution in [0.25, 0.3) is 0 Å². The molecule has 4 aromatic carbocycles. The van der Waals surface area contributed by atoms with E-state index < -0.39 is 26.0 Å². The van der Waals surface area contributed by atoms with Crippen LogP contribution in [0, 0.1) is 6.92 Å². The molecular formula is C26H22ClN3O5S2. The summed E-state index contributed by atoms with van der Waals surface area (Å²) in [6.07, 6.45) is 0. The van der Waals surface area contributed by atoms with Gasteiger partial charge in [-0.2, -0.15) is 0 Å². The molecule has 8 nitrogen and oxygen atoms in total. The Morgan fingerprint density at radius 2 is 1.16 bits per heavy atom. The minimum Gasteiger partial charge on any atom is -0.322 e. The van der Waals surface area contributed by atoms with Crippen LogP contribution >= 0.6 is 11.6 Å². The van der Waals surface area contributed by atoms with Crippen LogP contribution in [0.5, 0.6) is 0 Å². The van der Waals surface area contributed by atoms with Gasteiger partial charge in [0.1, 0.15) is 0 Å².